The number of nitro groups is 1. The molecule has 0 bridgehead atoms. The maximum absolute atomic E-state index is 13.4. The molecule has 180 valence electrons. The first-order valence-corrected chi connectivity index (χ1v) is 11.3. The van der Waals surface area contributed by atoms with Gasteiger partial charge in [0.2, 0.25) is 5.78 Å². The molecule has 34 heavy (non-hydrogen) atoms. The molecular weight excluding hydrogens is 438 g/mol. The van der Waals surface area contributed by atoms with Gasteiger partial charge in [-0.2, -0.15) is 0 Å². The maximum atomic E-state index is 13.4. The van der Waals surface area contributed by atoms with Crippen molar-refractivity contribution in [2.75, 3.05) is 33.3 Å². The first-order chi connectivity index (χ1) is 16.3. The molecule has 0 aliphatic carbocycles. The van der Waals surface area contributed by atoms with Crippen LogP contribution >= 0.6 is 0 Å². The van der Waals surface area contributed by atoms with E-state index in [-0.39, 0.29) is 23.4 Å². The fourth-order valence-electron chi connectivity index (χ4n) is 4.26. The van der Waals surface area contributed by atoms with Crippen molar-refractivity contribution in [3.05, 3.63) is 75.3 Å². The Kier molecular flexibility index (Phi) is 8.01. The number of nitro benzene ring substituents is 1. The Hall–Kier alpha value is -3.72. The third-order valence-electron chi connectivity index (χ3n) is 6.21. The number of non-ortho nitro benzene ring substituents is 1. The van der Waals surface area contributed by atoms with Crippen LogP contribution in [0.1, 0.15) is 37.4 Å². The molecule has 1 fully saturated rings. The predicted molar refractivity (Wildman–Crippen MR) is 124 cm³/mol. The van der Waals surface area contributed by atoms with Crippen molar-refractivity contribution in [1.29, 1.82) is 0 Å². The van der Waals surface area contributed by atoms with E-state index in [1.54, 1.807) is 18.2 Å². The summed E-state index contributed by atoms with van der Waals surface area (Å²) in [5.74, 6) is -1.66. The summed E-state index contributed by atoms with van der Waals surface area (Å²) in [6, 6.07) is 11.0. The number of carbonyl (C=O) groups is 2. The van der Waals surface area contributed by atoms with Gasteiger partial charge in [-0.3, -0.25) is 19.7 Å². The molecule has 1 aliphatic heterocycles. The van der Waals surface area contributed by atoms with Crippen molar-refractivity contribution in [2.24, 2.45) is 0 Å². The molecule has 1 saturated heterocycles. The average Bonchev–Trinajstić information content (AvgIpc) is 3.11. The third kappa shape index (κ3) is 5.09. The Labute approximate surface area is 198 Å². The van der Waals surface area contributed by atoms with E-state index in [9.17, 15) is 24.8 Å². The highest BCUT2D eigenvalue weighted by atomic mass is 16.6. The van der Waals surface area contributed by atoms with E-state index in [0.717, 1.165) is 19.6 Å². The number of quaternary nitrogens is 1. The van der Waals surface area contributed by atoms with Crippen LogP contribution in [-0.2, 0) is 9.59 Å². The van der Waals surface area contributed by atoms with Crippen LogP contribution in [0.2, 0.25) is 0 Å². The van der Waals surface area contributed by atoms with Gasteiger partial charge >= 0.3 is 0 Å². The summed E-state index contributed by atoms with van der Waals surface area (Å²) in [6.45, 7) is 7.09. The minimum absolute atomic E-state index is 0.173. The summed E-state index contributed by atoms with van der Waals surface area (Å²) in [5.41, 5.74) is 0.237. The van der Waals surface area contributed by atoms with Crippen LogP contribution in [-0.4, -0.2) is 54.8 Å². The second-order valence-corrected chi connectivity index (χ2v) is 8.11. The molecular formula is C25H29N3O6. The van der Waals surface area contributed by atoms with Crippen molar-refractivity contribution in [3.8, 4) is 5.75 Å². The number of nitrogens with zero attached hydrogens (tertiary/aromatic N) is 2. The number of ketones is 1. The van der Waals surface area contributed by atoms with Crippen molar-refractivity contribution >= 4 is 23.1 Å². The quantitative estimate of drug-likeness (QED) is 0.184. The van der Waals surface area contributed by atoms with Gasteiger partial charge in [0.05, 0.1) is 37.7 Å². The predicted octanol–water partition coefficient (Wildman–Crippen LogP) is 1.14. The van der Waals surface area contributed by atoms with E-state index in [2.05, 4.69) is 13.8 Å². The molecule has 1 atom stereocenters. The first kappa shape index (κ1) is 24.9. The molecule has 0 spiro atoms. The van der Waals surface area contributed by atoms with Crippen LogP contribution in [0.3, 0.4) is 0 Å². The second kappa shape index (κ2) is 10.9. The lowest BCUT2D eigenvalue weighted by Gasteiger charge is -2.28. The van der Waals surface area contributed by atoms with E-state index in [1.807, 2.05) is 0 Å². The van der Waals surface area contributed by atoms with Crippen LogP contribution in [0, 0.1) is 10.1 Å². The van der Waals surface area contributed by atoms with Crippen LogP contribution < -0.4 is 14.7 Å². The number of rotatable bonds is 10. The van der Waals surface area contributed by atoms with Gasteiger partial charge in [0.15, 0.2) is 0 Å². The molecule has 2 aromatic carbocycles. The zero-order valence-corrected chi connectivity index (χ0v) is 19.6. The summed E-state index contributed by atoms with van der Waals surface area (Å²) in [4.78, 5) is 39.6. The highest BCUT2D eigenvalue weighted by Gasteiger charge is 2.44. The molecule has 3 rings (SSSR count). The summed E-state index contributed by atoms with van der Waals surface area (Å²) < 4.78 is 5.12. The fraction of sp³-hybridized carbons (Fsp3) is 0.360. The first-order valence-electron chi connectivity index (χ1n) is 11.3. The Morgan fingerprint density at radius 1 is 1.12 bits per heavy atom. The van der Waals surface area contributed by atoms with Gasteiger partial charge < -0.3 is 19.6 Å². The molecule has 1 aliphatic rings. The van der Waals surface area contributed by atoms with Crippen molar-refractivity contribution in [1.82, 2.24) is 4.90 Å². The second-order valence-electron chi connectivity index (χ2n) is 8.11. The van der Waals surface area contributed by atoms with Crippen LogP contribution in [0.4, 0.5) is 5.69 Å². The van der Waals surface area contributed by atoms with Crippen molar-refractivity contribution < 1.29 is 29.3 Å². The van der Waals surface area contributed by atoms with E-state index < -0.39 is 28.4 Å². The number of hydrogen-bond donors (Lipinski definition) is 1. The highest BCUT2D eigenvalue weighted by Crippen LogP contribution is 2.39. The molecule has 1 unspecified atom stereocenters. The van der Waals surface area contributed by atoms with Gasteiger partial charge in [-0.05, 0) is 37.1 Å². The van der Waals surface area contributed by atoms with Gasteiger partial charge in [-0.1, -0.05) is 30.0 Å². The fourth-order valence-corrected chi connectivity index (χ4v) is 4.26. The van der Waals surface area contributed by atoms with Crippen molar-refractivity contribution in [2.45, 2.75) is 26.3 Å². The van der Waals surface area contributed by atoms with Crippen LogP contribution in [0.25, 0.3) is 5.76 Å². The topological polar surface area (TPSA) is 117 Å². The van der Waals surface area contributed by atoms with Gasteiger partial charge in [0.25, 0.3) is 11.6 Å². The molecule has 2 aromatic rings. The van der Waals surface area contributed by atoms with E-state index in [0.29, 0.717) is 17.7 Å². The lowest BCUT2D eigenvalue weighted by Crippen LogP contribution is -3.11. The van der Waals surface area contributed by atoms with E-state index in [1.165, 1.54) is 47.2 Å². The number of nitrogens with one attached hydrogen (secondary N) is 1. The van der Waals surface area contributed by atoms with Gasteiger partial charge in [-0.15, -0.1) is 0 Å². The molecule has 0 radical (unpaired) electrons. The largest absolute Gasteiger partial charge is 0.872 e. The number of ether oxygens (including phenoxy) is 1. The van der Waals surface area contributed by atoms with Crippen LogP contribution in [0.15, 0.2) is 54.1 Å². The Balaban J connectivity index is 2.07. The smallest absolute Gasteiger partial charge is 0.295 e. The van der Waals surface area contributed by atoms with E-state index in [4.69, 9.17) is 4.74 Å². The third-order valence-corrected chi connectivity index (χ3v) is 6.21. The normalized spacial score (nSPS) is 17.4. The maximum Gasteiger partial charge on any atom is 0.295 e. The summed E-state index contributed by atoms with van der Waals surface area (Å²) in [6.07, 6.45) is 0.630. The highest BCUT2D eigenvalue weighted by molar-refractivity contribution is 6.46. The zero-order valence-electron chi connectivity index (χ0n) is 19.6. The van der Waals surface area contributed by atoms with E-state index >= 15 is 0 Å². The Morgan fingerprint density at radius 2 is 1.79 bits per heavy atom. The molecule has 1 amide bonds. The zero-order chi connectivity index (χ0) is 24.8. The minimum atomic E-state index is -0.985. The monoisotopic (exact) mass is 467 g/mol. The molecule has 0 saturated carbocycles. The molecule has 9 heteroatoms. The number of benzene rings is 2. The standard InChI is InChI=1S/C25H29N3O6/c1-4-26(5-2)14-7-15-27-22(18-8-6-9-19(16-18)28(32)33)21(24(30)25(27)31)23(29)17-10-12-20(34-3)13-11-17/h6,8-13,16,22,29H,4-5,7,14-15H2,1-3H3. The Bertz CT molecular complexity index is 1090. The number of carbonyl (C=O) groups excluding carboxylic acids is 2. The summed E-state index contributed by atoms with van der Waals surface area (Å²) in [7, 11) is 1.50. The molecule has 9 nitrogen and oxygen atoms in total. The average molecular weight is 468 g/mol. The number of Topliss-reactive ketones (excluding diaryl/α,β-unsaturated/α-hetero) is 1. The van der Waals surface area contributed by atoms with Crippen molar-refractivity contribution in [3.63, 3.8) is 0 Å². The molecule has 1 heterocycles. The lowest BCUT2D eigenvalue weighted by atomic mass is 9.95. The molecule has 1 N–H and O–H groups in total. The lowest BCUT2D eigenvalue weighted by molar-refractivity contribution is -0.896. The number of amides is 1. The molecule has 0 aromatic heterocycles. The van der Waals surface area contributed by atoms with Gasteiger partial charge in [0, 0.05) is 30.7 Å². The van der Waals surface area contributed by atoms with Crippen LogP contribution in [0.5, 0.6) is 5.75 Å². The Morgan fingerprint density at radius 3 is 2.38 bits per heavy atom. The SMILES string of the molecule is CC[NH+](CC)CCCN1C(=O)C(=O)C(=C([O-])c2ccc(OC)cc2)C1c1cccc([N+](=O)[O-])c1. The minimum Gasteiger partial charge on any atom is -0.872 e. The summed E-state index contributed by atoms with van der Waals surface area (Å²) >= 11 is 0. The van der Waals surface area contributed by atoms with Gasteiger partial charge in [-0.25, -0.2) is 0 Å². The number of methoxy groups -OCH3 is 1. The summed E-state index contributed by atoms with van der Waals surface area (Å²) in [5, 5.41) is 24.8. The number of likely N-dealkylation sites (tertiary alicyclic amines) is 1. The van der Waals surface area contributed by atoms with Gasteiger partial charge in [0.1, 0.15) is 5.75 Å². The number of hydrogen-bond acceptors (Lipinski definition) is 6.